The van der Waals surface area contributed by atoms with Crippen LogP contribution in [0.2, 0.25) is 10.0 Å². The first kappa shape index (κ1) is 13.9. The molecule has 0 atom stereocenters. The van der Waals surface area contributed by atoms with Gasteiger partial charge in [-0.05, 0) is 26.0 Å². The number of rotatable bonds is 4. The third-order valence-corrected chi connectivity index (χ3v) is 2.82. The van der Waals surface area contributed by atoms with E-state index in [2.05, 4.69) is 15.3 Å². The van der Waals surface area contributed by atoms with Gasteiger partial charge in [-0.25, -0.2) is 4.98 Å². The van der Waals surface area contributed by atoms with Gasteiger partial charge in [0.2, 0.25) is 11.8 Å². The summed E-state index contributed by atoms with van der Waals surface area (Å²) in [6.07, 6.45) is 0. The van der Waals surface area contributed by atoms with Gasteiger partial charge in [-0.2, -0.15) is 4.98 Å². The van der Waals surface area contributed by atoms with E-state index in [1.54, 1.807) is 24.3 Å². The van der Waals surface area contributed by atoms with Gasteiger partial charge in [0.25, 0.3) is 0 Å². The maximum atomic E-state index is 6.04. The predicted molar refractivity (Wildman–Crippen MR) is 77.5 cm³/mol. The van der Waals surface area contributed by atoms with Crippen molar-refractivity contribution in [3.63, 3.8) is 0 Å². The Bertz CT molecular complexity index is 590. The van der Waals surface area contributed by atoms with E-state index >= 15 is 0 Å². The number of nitrogens with one attached hydrogen (secondary N) is 1. The van der Waals surface area contributed by atoms with Crippen LogP contribution in [-0.4, -0.2) is 16.5 Å². The quantitative estimate of drug-likeness (QED) is 0.913. The molecule has 0 bridgehead atoms. The lowest BCUT2D eigenvalue weighted by Gasteiger charge is -2.09. The van der Waals surface area contributed by atoms with Crippen molar-refractivity contribution in [2.75, 3.05) is 11.9 Å². The molecule has 2 aromatic rings. The zero-order chi connectivity index (χ0) is 13.8. The molecule has 2 rings (SSSR count). The zero-order valence-electron chi connectivity index (χ0n) is 10.6. The van der Waals surface area contributed by atoms with Gasteiger partial charge in [-0.3, -0.25) is 0 Å². The van der Waals surface area contributed by atoms with E-state index in [0.717, 1.165) is 12.2 Å². The number of benzene rings is 1. The molecule has 1 aromatic carbocycles. The summed E-state index contributed by atoms with van der Waals surface area (Å²) in [6.45, 7) is 4.58. The molecule has 0 unspecified atom stereocenters. The molecule has 0 spiro atoms. The molecule has 0 saturated heterocycles. The summed E-state index contributed by atoms with van der Waals surface area (Å²) in [7, 11) is 0. The van der Waals surface area contributed by atoms with Gasteiger partial charge in [-0.1, -0.05) is 23.2 Å². The fraction of sp³-hybridized carbons (Fsp3) is 0.231. The highest BCUT2D eigenvalue weighted by molar-refractivity contribution is 6.34. The minimum absolute atomic E-state index is 0.424. The predicted octanol–water partition coefficient (Wildman–Crippen LogP) is 4.32. The van der Waals surface area contributed by atoms with Crippen molar-refractivity contribution < 1.29 is 4.74 Å². The van der Waals surface area contributed by atoms with Crippen molar-refractivity contribution in [1.29, 1.82) is 0 Å². The second-order valence-electron chi connectivity index (χ2n) is 3.88. The fourth-order valence-electron chi connectivity index (χ4n) is 1.50. The number of nitrogens with zero attached hydrogens (tertiary/aromatic N) is 2. The van der Waals surface area contributed by atoms with Gasteiger partial charge in [0.05, 0.1) is 5.02 Å². The van der Waals surface area contributed by atoms with E-state index in [-0.39, 0.29) is 0 Å². The number of anilines is 1. The van der Waals surface area contributed by atoms with Gasteiger partial charge in [0, 0.05) is 29.4 Å². The lowest BCUT2D eigenvalue weighted by molar-refractivity contribution is 0.462. The maximum absolute atomic E-state index is 6.04. The van der Waals surface area contributed by atoms with Crippen molar-refractivity contribution >= 4 is 29.2 Å². The fourth-order valence-corrected chi connectivity index (χ4v) is 1.82. The molecule has 100 valence electrons. The van der Waals surface area contributed by atoms with Gasteiger partial charge in [0.15, 0.2) is 0 Å². The summed E-state index contributed by atoms with van der Waals surface area (Å²) in [5.74, 6) is 1.41. The van der Waals surface area contributed by atoms with Gasteiger partial charge in [0.1, 0.15) is 5.75 Å². The Morgan fingerprint density at radius 1 is 1.21 bits per heavy atom. The van der Waals surface area contributed by atoms with Gasteiger partial charge < -0.3 is 10.1 Å². The van der Waals surface area contributed by atoms with E-state index in [9.17, 15) is 0 Å². The first-order valence-electron chi connectivity index (χ1n) is 5.81. The summed E-state index contributed by atoms with van der Waals surface area (Å²) in [4.78, 5) is 8.49. The SMILES string of the molecule is CCNc1nc(C)cc(Oc2cc(Cl)ccc2Cl)n1. The average molecular weight is 298 g/mol. The van der Waals surface area contributed by atoms with Crippen molar-refractivity contribution in [3.05, 3.63) is 40.0 Å². The molecule has 0 radical (unpaired) electrons. The second kappa shape index (κ2) is 6.08. The zero-order valence-corrected chi connectivity index (χ0v) is 12.1. The van der Waals surface area contributed by atoms with E-state index < -0.39 is 0 Å². The van der Waals surface area contributed by atoms with Crippen LogP contribution in [0.3, 0.4) is 0 Å². The average Bonchev–Trinajstić information content (AvgIpc) is 2.33. The summed E-state index contributed by atoms with van der Waals surface area (Å²) in [5, 5.41) is 4.07. The minimum atomic E-state index is 0.424. The van der Waals surface area contributed by atoms with Crippen LogP contribution in [0, 0.1) is 6.92 Å². The Kier molecular flexibility index (Phi) is 4.45. The van der Waals surface area contributed by atoms with Gasteiger partial charge in [-0.15, -0.1) is 0 Å². The number of halogens is 2. The Balaban J connectivity index is 2.29. The second-order valence-corrected chi connectivity index (χ2v) is 4.72. The number of hydrogen-bond donors (Lipinski definition) is 1. The van der Waals surface area contributed by atoms with Crippen LogP contribution in [0.25, 0.3) is 0 Å². The number of aryl methyl sites for hydroxylation is 1. The summed E-state index contributed by atoms with van der Waals surface area (Å²) < 4.78 is 5.65. The molecule has 0 aliphatic carbocycles. The molecule has 4 nitrogen and oxygen atoms in total. The van der Waals surface area contributed by atoms with Crippen molar-refractivity contribution in [2.24, 2.45) is 0 Å². The summed E-state index contributed by atoms with van der Waals surface area (Å²) >= 11 is 12.0. The highest BCUT2D eigenvalue weighted by atomic mass is 35.5. The number of aromatic nitrogens is 2. The molecule has 0 saturated carbocycles. The molecule has 0 fully saturated rings. The highest BCUT2D eigenvalue weighted by Crippen LogP contribution is 2.31. The monoisotopic (exact) mass is 297 g/mol. The van der Waals surface area contributed by atoms with Gasteiger partial charge >= 0.3 is 0 Å². The first-order chi connectivity index (χ1) is 9.08. The topological polar surface area (TPSA) is 47.0 Å². The summed E-state index contributed by atoms with van der Waals surface area (Å²) in [5.41, 5.74) is 0.805. The largest absolute Gasteiger partial charge is 0.437 e. The Labute approximate surface area is 121 Å². The molecule has 0 amide bonds. The van der Waals surface area contributed by atoms with Crippen LogP contribution < -0.4 is 10.1 Å². The standard InChI is InChI=1S/C13H13Cl2N3O/c1-3-16-13-17-8(2)6-12(18-13)19-11-7-9(14)4-5-10(11)15/h4-7H,3H2,1-2H3,(H,16,17,18). The minimum Gasteiger partial charge on any atom is -0.437 e. The molecule has 19 heavy (non-hydrogen) atoms. The molecule has 1 aromatic heterocycles. The summed E-state index contributed by atoms with van der Waals surface area (Å²) in [6, 6.07) is 6.76. The third-order valence-electron chi connectivity index (χ3n) is 2.27. The lowest BCUT2D eigenvalue weighted by Crippen LogP contribution is -2.04. The normalized spacial score (nSPS) is 10.3. The van der Waals surface area contributed by atoms with Crippen LogP contribution in [0.15, 0.2) is 24.3 Å². The van der Waals surface area contributed by atoms with Crippen LogP contribution in [0.1, 0.15) is 12.6 Å². The number of hydrogen-bond acceptors (Lipinski definition) is 4. The Morgan fingerprint density at radius 3 is 2.74 bits per heavy atom. The van der Waals surface area contributed by atoms with Crippen LogP contribution in [0.5, 0.6) is 11.6 Å². The van der Waals surface area contributed by atoms with E-state index in [4.69, 9.17) is 27.9 Å². The molecule has 0 aliphatic rings. The van der Waals surface area contributed by atoms with Crippen molar-refractivity contribution in [3.8, 4) is 11.6 Å². The van der Waals surface area contributed by atoms with Crippen LogP contribution >= 0.6 is 23.2 Å². The van der Waals surface area contributed by atoms with E-state index in [1.165, 1.54) is 0 Å². The molecule has 0 aliphatic heterocycles. The smallest absolute Gasteiger partial charge is 0.226 e. The Hall–Kier alpha value is -1.52. The molecular weight excluding hydrogens is 285 g/mol. The number of ether oxygens (including phenoxy) is 1. The maximum Gasteiger partial charge on any atom is 0.226 e. The molecule has 1 N–H and O–H groups in total. The molecule has 1 heterocycles. The molecular formula is C13H13Cl2N3O. The molecule has 6 heteroatoms. The van der Waals surface area contributed by atoms with E-state index in [0.29, 0.717) is 27.6 Å². The first-order valence-corrected chi connectivity index (χ1v) is 6.56. The van der Waals surface area contributed by atoms with Crippen LogP contribution in [-0.2, 0) is 0 Å². The lowest BCUT2D eigenvalue weighted by atomic mass is 10.3. The van der Waals surface area contributed by atoms with Crippen molar-refractivity contribution in [1.82, 2.24) is 9.97 Å². The third kappa shape index (κ3) is 3.72. The van der Waals surface area contributed by atoms with Crippen molar-refractivity contribution in [2.45, 2.75) is 13.8 Å². The Morgan fingerprint density at radius 2 is 2.00 bits per heavy atom. The highest BCUT2D eigenvalue weighted by Gasteiger charge is 2.07. The van der Waals surface area contributed by atoms with E-state index in [1.807, 2.05) is 13.8 Å². The van der Waals surface area contributed by atoms with Crippen LogP contribution in [0.4, 0.5) is 5.95 Å².